The fraction of sp³-hybridized carbons (Fsp3) is 0.619. The number of amides is 1. The summed E-state index contributed by atoms with van der Waals surface area (Å²) in [5, 5.41) is 9.43. The average molecular weight is 377 g/mol. The van der Waals surface area contributed by atoms with Gasteiger partial charge in [0.2, 0.25) is 5.91 Å². The lowest BCUT2D eigenvalue weighted by Gasteiger charge is -2.14. The molecule has 0 saturated carbocycles. The van der Waals surface area contributed by atoms with E-state index in [1.54, 1.807) is 7.11 Å². The van der Waals surface area contributed by atoms with Crippen molar-refractivity contribution in [2.24, 2.45) is 4.99 Å². The molecule has 0 heterocycles. The first-order chi connectivity index (χ1) is 13.0. The molecule has 1 amide bonds. The van der Waals surface area contributed by atoms with Gasteiger partial charge in [0.25, 0.3) is 0 Å². The van der Waals surface area contributed by atoms with Crippen molar-refractivity contribution < 1.29 is 9.53 Å². The maximum Gasteiger partial charge on any atom is 0.221 e. The van der Waals surface area contributed by atoms with Crippen molar-refractivity contribution in [2.75, 3.05) is 26.7 Å². The molecule has 6 heteroatoms. The molecular formula is C21H36N4O2. The number of methoxy groups -OCH3 is 1. The predicted molar refractivity (Wildman–Crippen MR) is 113 cm³/mol. The van der Waals surface area contributed by atoms with Crippen molar-refractivity contribution in [1.29, 1.82) is 0 Å². The van der Waals surface area contributed by atoms with Gasteiger partial charge in [0.15, 0.2) is 5.96 Å². The molecule has 1 aromatic rings. The van der Waals surface area contributed by atoms with Crippen LogP contribution in [0.15, 0.2) is 29.3 Å². The Hall–Kier alpha value is -2.24. The van der Waals surface area contributed by atoms with Crippen molar-refractivity contribution in [1.82, 2.24) is 16.0 Å². The van der Waals surface area contributed by atoms with Gasteiger partial charge >= 0.3 is 0 Å². The molecule has 2 atom stereocenters. The van der Waals surface area contributed by atoms with Gasteiger partial charge in [-0.2, -0.15) is 0 Å². The van der Waals surface area contributed by atoms with E-state index < -0.39 is 0 Å². The van der Waals surface area contributed by atoms with Gasteiger partial charge in [-0.1, -0.05) is 26.0 Å². The molecule has 27 heavy (non-hydrogen) atoms. The topological polar surface area (TPSA) is 74.8 Å². The minimum absolute atomic E-state index is 0.0702. The van der Waals surface area contributed by atoms with Crippen LogP contribution >= 0.6 is 0 Å². The van der Waals surface area contributed by atoms with Crippen molar-refractivity contribution in [3.8, 4) is 5.75 Å². The summed E-state index contributed by atoms with van der Waals surface area (Å²) in [5.74, 6) is 2.13. The second-order valence-corrected chi connectivity index (χ2v) is 6.78. The molecule has 0 bridgehead atoms. The number of hydrogen-bond donors (Lipinski definition) is 3. The zero-order valence-electron chi connectivity index (χ0n) is 17.5. The Kier molecular flexibility index (Phi) is 11.0. The van der Waals surface area contributed by atoms with E-state index in [9.17, 15) is 4.79 Å². The summed E-state index contributed by atoms with van der Waals surface area (Å²) >= 11 is 0. The molecule has 0 spiro atoms. The zero-order valence-corrected chi connectivity index (χ0v) is 17.5. The maximum absolute atomic E-state index is 11.8. The summed E-state index contributed by atoms with van der Waals surface area (Å²) in [5.41, 5.74) is 1.28. The summed E-state index contributed by atoms with van der Waals surface area (Å²) in [6.07, 6.45) is 2.34. The number of carbonyl (C=O) groups is 1. The summed E-state index contributed by atoms with van der Waals surface area (Å²) in [7, 11) is 1.68. The third kappa shape index (κ3) is 9.31. The SMILES string of the molecule is CCNC(=NCCC(C)c1ccc(OC)cc1)NCCC(=O)NC(C)CC. The van der Waals surface area contributed by atoms with E-state index in [2.05, 4.69) is 46.9 Å². The number of hydrogen-bond acceptors (Lipinski definition) is 3. The van der Waals surface area contributed by atoms with Gasteiger partial charge in [0.05, 0.1) is 7.11 Å². The van der Waals surface area contributed by atoms with Gasteiger partial charge in [-0.15, -0.1) is 0 Å². The highest BCUT2D eigenvalue weighted by Crippen LogP contribution is 2.21. The Morgan fingerprint density at radius 3 is 2.44 bits per heavy atom. The fourth-order valence-corrected chi connectivity index (χ4v) is 2.55. The quantitative estimate of drug-likeness (QED) is 0.410. The number of aliphatic imine (C=N–C) groups is 1. The standard InChI is InChI=1S/C21H36N4O2/c1-6-17(4)25-20(26)13-15-24-21(22-7-2)23-14-12-16(3)18-8-10-19(27-5)11-9-18/h8-11,16-17H,6-7,12-15H2,1-5H3,(H,25,26)(H2,22,23,24). The highest BCUT2D eigenvalue weighted by molar-refractivity contribution is 5.81. The number of nitrogens with zero attached hydrogens (tertiary/aromatic N) is 1. The Labute approximate surface area is 164 Å². The largest absolute Gasteiger partial charge is 0.497 e. The van der Waals surface area contributed by atoms with Crippen LogP contribution in [0.4, 0.5) is 0 Å². The monoisotopic (exact) mass is 376 g/mol. The van der Waals surface area contributed by atoms with Crippen molar-refractivity contribution in [2.45, 2.75) is 58.9 Å². The smallest absolute Gasteiger partial charge is 0.221 e. The Morgan fingerprint density at radius 1 is 1.15 bits per heavy atom. The lowest BCUT2D eigenvalue weighted by Crippen LogP contribution is -2.40. The summed E-state index contributed by atoms with van der Waals surface area (Å²) < 4.78 is 5.20. The van der Waals surface area contributed by atoms with Gasteiger partial charge < -0.3 is 20.7 Å². The van der Waals surface area contributed by atoms with E-state index in [0.29, 0.717) is 18.9 Å². The minimum atomic E-state index is 0.0702. The van der Waals surface area contributed by atoms with Crippen LogP contribution in [0, 0.1) is 0 Å². The van der Waals surface area contributed by atoms with Crippen LogP contribution in [0.5, 0.6) is 5.75 Å². The number of nitrogens with one attached hydrogen (secondary N) is 3. The first-order valence-corrected chi connectivity index (χ1v) is 9.95. The van der Waals surface area contributed by atoms with Crippen molar-refractivity contribution in [3.05, 3.63) is 29.8 Å². The average Bonchev–Trinajstić information content (AvgIpc) is 2.67. The molecule has 0 aliphatic carbocycles. The van der Waals surface area contributed by atoms with E-state index in [-0.39, 0.29) is 11.9 Å². The molecule has 0 aliphatic rings. The van der Waals surface area contributed by atoms with E-state index >= 15 is 0 Å². The van der Waals surface area contributed by atoms with Crippen LogP contribution in [0.3, 0.4) is 0 Å². The Balaban J connectivity index is 2.42. The molecule has 0 radical (unpaired) electrons. The molecule has 3 N–H and O–H groups in total. The molecule has 0 aliphatic heterocycles. The molecule has 6 nitrogen and oxygen atoms in total. The number of ether oxygens (including phenoxy) is 1. The minimum Gasteiger partial charge on any atom is -0.497 e. The fourth-order valence-electron chi connectivity index (χ4n) is 2.55. The first-order valence-electron chi connectivity index (χ1n) is 9.95. The van der Waals surface area contributed by atoms with Crippen LogP contribution in [0.1, 0.15) is 58.4 Å². The third-order valence-corrected chi connectivity index (χ3v) is 4.53. The van der Waals surface area contributed by atoms with Crippen LogP contribution in [-0.4, -0.2) is 44.7 Å². The van der Waals surface area contributed by atoms with E-state index in [4.69, 9.17) is 4.74 Å². The van der Waals surface area contributed by atoms with E-state index in [1.807, 2.05) is 26.0 Å². The number of benzene rings is 1. The summed E-state index contributed by atoms with van der Waals surface area (Å²) in [6.45, 7) is 10.4. The maximum atomic E-state index is 11.8. The molecule has 1 rings (SSSR count). The van der Waals surface area contributed by atoms with Gasteiger partial charge in [0, 0.05) is 32.1 Å². The van der Waals surface area contributed by atoms with Gasteiger partial charge in [0.1, 0.15) is 5.75 Å². The molecule has 0 fully saturated rings. The molecule has 0 saturated heterocycles. The van der Waals surface area contributed by atoms with Crippen LogP contribution in [-0.2, 0) is 4.79 Å². The molecule has 2 unspecified atom stereocenters. The summed E-state index contributed by atoms with van der Waals surface area (Å²) in [6, 6.07) is 8.41. The van der Waals surface area contributed by atoms with Gasteiger partial charge in [-0.05, 0) is 50.3 Å². The highest BCUT2D eigenvalue weighted by atomic mass is 16.5. The highest BCUT2D eigenvalue weighted by Gasteiger charge is 2.07. The summed E-state index contributed by atoms with van der Waals surface area (Å²) in [4.78, 5) is 16.5. The number of guanidine groups is 1. The van der Waals surface area contributed by atoms with Crippen molar-refractivity contribution >= 4 is 11.9 Å². The molecule has 0 aromatic heterocycles. The van der Waals surface area contributed by atoms with Crippen LogP contribution in [0.25, 0.3) is 0 Å². The Morgan fingerprint density at radius 2 is 1.85 bits per heavy atom. The van der Waals surface area contributed by atoms with Gasteiger partial charge in [-0.3, -0.25) is 9.79 Å². The Bertz CT molecular complexity index is 572. The zero-order chi connectivity index (χ0) is 20.1. The van der Waals surface area contributed by atoms with Crippen LogP contribution < -0.4 is 20.7 Å². The van der Waals surface area contributed by atoms with E-state index in [1.165, 1.54) is 5.56 Å². The second kappa shape index (κ2) is 13.0. The predicted octanol–water partition coefficient (Wildman–Crippen LogP) is 3.05. The van der Waals surface area contributed by atoms with Crippen LogP contribution in [0.2, 0.25) is 0 Å². The molecule has 152 valence electrons. The molecular weight excluding hydrogens is 340 g/mol. The van der Waals surface area contributed by atoms with E-state index in [0.717, 1.165) is 37.6 Å². The van der Waals surface area contributed by atoms with Crippen molar-refractivity contribution in [3.63, 3.8) is 0 Å². The normalized spacial score (nSPS) is 13.6. The lowest BCUT2D eigenvalue weighted by atomic mass is 9.98. The molecule has 1 aromatic carbocycles. The number of rotatable bonds is 11. The number of carbonyl (C=O) groups excluding carboxylic acids is 1. The van der Waals surface area contributed by atoms with Gasteiger partial charge in [-0.25, -0.2) is 0 Å². The second-order valence-electron chi connectivity index (χ2n) is 6.78. The third-order valence-electron chi connectivity index (χ3n) is 4.53. The lowest BCUT2D eigenvalue weighted by molar-refractivity contribution is -0.121. The first kappa shape index (κ1) is 22.8.